The fourth-order valence-corrected chi connectivity index (χ4v) is 10.6. The Kier molecular flexibility index (Phi) is 13.2. The Morgan fingerprint density at radius 1 is 0.486 bits per heavy atom. The zero-order chi connectivity index (χ0) is 47.4. The van der Waals surface area contributed by atoms with Gasteiger partial charge in [0.15, 0.2) is 0 Å². The number of rotatable bonds is 3. The summed E-state index contributed by atoms with van der Waals surface area (Å²) in [6.07, 6.45) is 13.5. The molecule has 0 spiro atoms. The van der Waals surface area contributed by atoms with Crippen LogP contribution >= 0.6 is 0 Å². The molecule has 8 heterocycles. The number of nitrogens with zero attached hydrogens (tertiary/aromatic N) is 8. The van der Waals surface area contributed by atoms with Gasteiger partial charge in [-0.3, -0.25) is 19.3 Å². The first kappa shape index (κ1) is 48.3. The van der Waals surface area contributed by atoms with Crippen LogP contribution in [0, 0.1) is 24.3 Å². The molecule has 0 unspecified atom stereocenters. The maximum Gasteiger partial charge on any atom is 0.0611 e. The minimum absolute atomic E-state index is 0. The van der Waals surface area contributed by atoms with Gasteiger partial charge in [0.2, 0.25) is 0 Å². The molecule has 0 fully saturated rings. The molecule has 2 aliphatic heterocycles. The van der Waals surface area contributed by atoms with Crippen molar-refractivity contribution in [3.8, 4) is 22.5 Å². The predicted molar refractivity (Wildman–Crippen MR) is 282 cm³/mol. The Balaban J connectivity index is 0.000000117. The monoisotopic (exact) mass is 1290 g/mol. The fraction of sp³-hybridized carbons (Fsp3) is 0.129. The van der Waals surface area contributed by atoms with Gasteiger partial charge >= 0.3 is 0 Å². The molecule has 2 aliphatic rings. The number of fused-ring (bicyclic) bond motifs is 6. The molecular weight excluding hydrogens is 1240 g/mol. The molecule has 0 atom stereocenters. The van der Waals surface area contributed by atoms with E-state index in [2.05, 4.69) is 162 Å². The summed E-state index contributed by atoms with van der Waals surface area (Å²) in [5, 5.41) is 15.5. The molecular formula is C62H48Ir2N8-4. The van der Waals surface area contributed by atoms with Crippen molar-refractivity contribution in [2.75, 3.05) is 0 Å². The van der Waals surface area contributed by atoms with Gasteiger partial charge in [-0.15, -0.1) is 71.4 Å². The van der Waals surface area contributed by atoms with E-state index >= 15 is 0 Å². The molecule has 2 radical (unpaired) electrons. The van der Waals surface area contributed by atoms with E-state index in [9.17, 15) is 0 Å². The van der Waals surface area contributed by atoms with E-state index in [0.717, 1.165) is 46.3 Å². The number of benzene rings is 7. The second-order valence-corrected chi connectivity index (χ2v) is 19.2. The third-order valence-corrected chi connectivity index (χ3v) is 13.7. The summed E-state index contributed by atoms with van der Waals surface area (Å²) in [4.78, 5) is 9.53. The van der Waals surface area contributed by atoms with Gasteiger partial charge < -0.3 is 8.80 Å². The molecule has 15 rings (SSSR count). The molecule has 0 bridgehead atoms. The number of aromatic nitrogens is 8. The molecule has 10 heteroatoms. The van der Waals surface area contributed by atoms with Crippen LogP contribution in [-0.4, -0.2) is 38.3 Å². The third kappa shape index (κ3) is 8.48. The van der Waals surface area contributed by atoms with Crippen LogP contribution < -0.4 is 0 Å². The summed E-state index contributed by atoms with van der Waals surface area (Å²) in [7, 11) is 0. The topological polar surface area (TPSA) is 70.2 Å². The summed E-state index contributed by atoms with van der Waals surface area (Å²) < 4.78 is 8.29. The zero-order valence-corrected chi connectivity index (χ0v) is 44.9. The maximum absolute atomic E-state index is 4.80. The Labute approximate surface area is 445 Å². The second-order valence-electron chi connectivity index (χ2n) is 19.2. The van der Waals surface area contributed by atoms with Crippen molar-refractivity contribution >= 4 is 54.6 Å². The number of hydrogen-bond acceptors (Lipinski definition) is 4. The minimum atomic E-state index is 0. The third-order valence-electron chi connectivity index (χ3n) is 13.7. The molecule has 0 aliphatic carbocycles. The molecule has 6 aromatic heterocycles. The van der Waals surface area contributed by atoms with Crippen molar-refractivity contribution in [3.05, 3.63) is 242 Å². The Hall–Kier alpha value is -7.32. The van der Waals surface area contributed by atoms with E-state index < -0.39 is 0 Å². The standard InChI is InChI=1S/C25H19N2.C19H15N2.2C9H7N2.2Ir/c1-25(2)14-17-15-26-24-20-11-7-6-10-19(20)22-18(16-8-4-3-5-9-16)12-13-21(25)23(22)27(17)24;1-19(2)10-12-6-5-9-14-13-7-3-4-8-15(13)18-20-11-16(19)21(18)17(12)14;2*1-2-5-9(6-3-1)11-8-4-7-10-11;;/h3-10,12-13,15H,14H2,1-2H3;3-7,9,11H,10H2,1-2H3;2*1-5,7-8H;;/q4*-1;;. The normalized spacial score (nSPS) is 13.4. The van der Waals surface area contributed by atoms with Gasteiger partial charge in [-0.05, 0) is 74.8 Å². The largest absolute Gasteiger partial charge is 0.337 e. The van der Waals surface area contributed by atoms with E-state index in [1.165, 1.54) is 66.2 Å². The number of pyridine rings is 2. The van der Waals surface area contributed by atoms with E-state index in [4.69, 9.17) is 9.97 Å². The van der Waals surface area contributed by atoms with Crippen molar-refractivity contribution in [1.29, 1.82) is 0 Å². The van der Waals surface area contributed by atoms with Crippen molar-refractivity contribution < 1.29 is 40.2 Å². The summed E-state index contributed by atoms with van der Waals surface area (Å²) in [6, 6.07) is 66.7. The van der Waals surface area contributed by atoms with Gasteiger partial charge in [-0.25, -0.2) is 0 Å². The summed E-state index contributed by atoms with van der Waals surface area (Å²) in [5.74, 6) is 0. The molecule has 0 N–H and O–H groups in total. The van der Waals surface area contributed by atoms with E-state index in [-0.39, 0.29) is 51.0 Å². The van der Waals surface area contributed by atoms with Crippen molar-refractivity contribution in [2.24, 2.45) is 0 Å². The van der Waals surface area contributed by atoms with Crippen LogP contribution in [0.4, 0.5) is 0 Å². The second kappa shape index (κ2) is 19.7. The van der Waals surface area contributed by atoms with Gasteiger partial charge in [0.05, 0.1) is 11.3 Å². The van der Waals surface area contributed by atoms with E-state index in [1.54, 1.807) is 21.8 Å². The van der Waals surface area contributed by atoms with Crippen molar-refractivity contribution in [3.63, 3.8) is 0 Å². The first-order valence-corrected chi connectivity index (χ1v) is 23.7. The van der Waals surface area contributed by atoms with E-state index in [1.807, 2.05) is 91.4 Å². The van der Waals surface area contributed by atoms with E-state index in [0.29, 0.717) is 0 Å². The number of para-hydroxylation sites is 3. The Bertz CT molecular complexity index is 3920. The van der Waals surface area contributed by atoms with Crippen LogP contribution in [0.3, 0.4) is 0 Å². The quantitative estimate of drug-likeness (QED) is 0.131. The van der Waals surface area contributed by atoms with Gasteiger partial charge in [-0.1, -0.05) is 99.1 Å². The first-order valence-electron chi connectivity index (χ1n) is 23.7. The molecule has 0 saturated heterocycles. The van der Waals surface area contributed by atoms with Gasteiger partial charge in [-0.2, -0.15) is 58.7 Å². The Morgan fingerprint density at radius 2 is 1.08 bits per heavy atom. The first-order chi connectivity index (χ1) is 34.2. The van der Waals surface area contributed by atoms with Gasteiger partial charge in [0.1, 0.15) is 0 Å². The molecule has 7 aromatic carbocycles. The van der Waals surface area contributed by atoms with Crippen LogP contribution in [0.25, 0.3) is 77.1 Å². The molecule has 0 amide bonds. The van der Waals surface area contributed by atoms with Crippen LogP contribution in [0.5, 0.6) is 0 Å². The SMILES string of the molecule is CC1(C)Cc2cccc3c4ccc[c-]c4c4ncc1n4c23.CC1(C)Cc2cnc3c4[c-]cccc4c4c(-c5ccccc5)ccc1c4n23.[Ir].[Ir].[c-]1ccccc1-n1cccn1.[c-]1ccccc1-n1cccn1. The molecule has 72 heavy (non-hydrogen) atoms. The van der Waals surface area contributed by atoms with Crippen LogP contribution in [0.1, 0.15) is 50.2 Å². The fourth-order valence-electron chi connectivity index (χ4n) is 10.6. The van der Waals surface area contributed by atoms with Crippen LogP contribution in [0.2, 0.25) is 0 Å². The summed E-state index contributed by atoms with van der Waals surface area (Å²) in [6.45, 7) is 9.29. The van der Waals surface area contributed by atoms with Crippen molar-refractivity contribution in [2.45, 2.75) is 51.4 Å². The van der Waals surface area contributed by atoms with Crippen LogP contribution in [0.15, 0.2) is 195 Å². The molecule has 13 aromatic rings. The van der Waals surface area contributed by atoms with Crippen LogP contribution in [-0.2, 0) is 63.9 Å². The summed E-state index contributed by atoms with van der Waals surface area (Å²) in [5.41, 5.74) is 14.8. The predicted octanol–water partition coefficient (Wildman–Crippen LogP) is 13.6. The zero-order valence-electron chi connectivity index (χ0n) is 40.1. The molecule has 8 nitrogen and oxygen atoms in total. The minimum Gasteiger partial charge on any atom is -0.337 e. The summed E-state index contributed by atoms with van der Waals surface area (Å²) >= 11 is 0. The van der Waals surface area contributed by atoms with Gasteiger partial charge in [0.25, 0.3) is 0 Å². The average Bonchev–Trinajstić information content (AvgIpc) is 4.26. The Morgan fingerprint density at radius 3 is 1.72 bits per heavy atom. The maximum atomic E-state index is 4.80. The van der Waals surface area contributed by atoms with Gasteiger partial charge in [0, 0.05) is 105 Å². The van der Waals surface area contributed by atoms with Crippen molar-refractivity contribution in [1.82, 2.24) is 38.3 Å². The molecule has 0 saturated carbocycles. The number of hydrogen-bond donors (Lipinski definition) is 0. The number of imidazole rings is 2. The average molecular weight is 1290 g/mol. The molecule has 358 valence electrons. The smallest absolute Gasteiger partial charge is 0.0611 e.